The third kappa shape index (κ3) is 2.62. The summed E-state index contributed by atoms with van der Waals surface area (Å²) in [6.45, 7) is 3.76. The molecular weight excluding hydrogens is 133 g/mol. The van der Waals surface area contributed by atoms with Gasteiger partial charge in [0.2, 0.25) is 0 Å². The Labute approximate surface area is 61.5 Å². The van der Waals surface area contributed by atoms with Crippen molar-refractivity contribution in [3.8, 4) is 0 Å². The van der Waals surface area contributed by atoms with Crippen molar-refractivity contribution in [2.75, 3.05) is 20.3 Å². The summed E-state index contributed by atoms with van der Waals surface area (Å²) < 4.78 is 18.0. The summed E-state index contributed by atoms with van der Waals surface area (Å²) in [6, 6.07) is 0. The van der Waals surface area contributed by atoms with Crippen LogP contribution in [0.4, 0.5) is 4.39 Å². The highest BCUT2D eigenvalue weighted by molar-refractivity contribution is 4.80. The van der Waals surface area contributed by atoms with Crippen LogP contribution in [0, 0.1) is 5.92 Å². The summed E-state index contributed by atoms with van der Waals surface area (Å²) in [5, 5.41) is 0. The first-order chi connectivity index (χ1) is 4.54. The second kappa shape index (κ2) is 3.88. The Morgan fingerprint density at radius 2 is 2.20 bits per heavy atom. The molecule has 0 bridgehead atoms. The lowest BCUT2D eigenvalue weighted by molar-refractivity contribution is 0.0527. The summed E-state index contributed by atoms with van der Waals surface area (Å²) >= 11 is 0. The SMILES string of the molecule is COCC(C)C(C)(F)CN. The third-order valence-electron chi connectivity index (χ3n) is 1.84. The van der Waals surface area contributed by atoms with E-state index in [9.17, 15) is 4.39 Å². The van der Waals surface area contributed by atoms with Gasteiger partial charge in [-0.2, -0.15) is 0 Å². The largest absolute Gasteiger partial charge is 0.384 e. The lowest BCUT2D eigenvalue weighted by Crippen LogP contribution is -2.38. The van der Waals surface area contributed by atoms with Gasteiger partial charge in [-0.25, -0.2) is 4.39 Å². The van der Waals surface area contributed by atoms with E-state index in [0.29, 0.717) is 6.61 Å². The fraction of sp³-hybridized carbons (Fsp3) is 1.00. The highest BCUT2D eigenvalue weighted by Crippen LogP contribution is 2.19. The summed E-state index contributed by atoms with van der Waals surface area (Å²) in [7, 11) is 1.56. The van der Waals surface area contributed by atoms with Crippen molar-refractivity contribution in [2.45, 2.75) is 19.5 Å². The first-order valence-corrected chi connectivity index (χ1v) is 3.42. The molecule has 2 atom stereocenters. The van der Waals surface area contributed by atoms with Gasteiger partial charge in [0.15, 0.2) is 0 Å². The van der Waals surface area contributed by atoms with Crippen molar-refractivity contribution in [2.24, 2.45) is 11.7 Å². The van der Waals surface area contributed by atoms with Crippen LogP contribution in [0.15, 0.2) is 0 Å². The molecular formula is C7H16FNO. The van der Waals surface area contributed by atoms with Crippen LogP contribution in [0.1, 0.15) is 13.8 Å². The number of nitrogens with two attached hydrogens (primary N) is 1. The zero-order valence-electron chi connectivity index (χ0n) is 6.86. The third-order valence-corrected chi connectivity index (χ3v) is 1.84. The quantitative estimate of drug-likeness (QED) is 0.646. The number of methoxy groups -OCH3 is 1. The molecule has 0 heterocycles. The van der Waals surface area contributed by atoms with Gasteiger partial charge in [-0.1, -0.05) is 6.92 Å². The minimum Gasteiger partial charge on any atom is -0.384 e. The van der Waals surface area contributed by atoms with E-state index in [-0.39, 0.29) is 12.5 Å². The highest BCUT2D eigenvalue weighted by atomic mass is 19.1. The fourth-order valence-electron chi connectivity index (χ4n) is 0.625. The molecule has 0 fully saturated rings. The Bertz CT molecular complexity index is 95.6. The molecule has 0 radical (unpaired) electrons. The Hall–Kier alpha value is -0.150. The van der Waals surface area contributed by atoms with Gasteiger partial charge in [-0.15, -0.1) is 0 Å². The average Bonchev–Trinajstić information content (AvgIpc) is 1.89. The lowest BCUT2D eigenvalue weighted by atomic mass is 9.94. The first kappa shape index (κ1) is 9.85. The monoisotopic (exact) mass is 149 g/mol. The van der Waals surface area contributed by atoms with Gasteiger partial charge in [0.25, 0.3) is 0 Å². The molecule has 10 heavy (non-hydrogen) atoms. The van der Waals surface area contributed by atoms with E-state index < -0.39 is 5.67 Å². The first-order valence-electron chi connectivity index (χ1n) is 3.42. The van der Waals surface area contributed by atoms with Crippen LogP contribution in [0.5, 0.6) is 0 Å². The molecule has 0 aromatic carbocycles. The summed E-state index contributed by atoms with van der Waals surface area (Å²) in [5.74, 6) is -0.137. The topological polar surface area (TPSA) is 35.2 Å². The van der Waals surface area contributed by atoms with Crippen LogP contribution in [0.25, 0.3) is 0 Å². The van der Waals surface area contributed by atoms with Gasteiger partial charge in [-0.3, -0.25) is 0 Å². The Kier molecular flexibility index (Phi) is 3.83. The zero-order valence-corrected chi connectivity index (χ0v) is 6.86. The van der Waals surface area contributed by atoms with Crippen LogP contribution < -0.4 is 5.73 Å². The van der Waals surface area contributed by atoms with Gasteiger partial charge in [0, 0.05) is 19.6 Å². The number of hydrogen-bond acceptors (Lipinski definition) is 2. The Morgan fingerprint density at radius 1 is 1.70 bits per heavy atom. The maximum Gasteiger partial charge on any atom is 0.125 e. The van der Waals surface area contributed by atoms with E-state index in [2.05, 4.69) is 0 Å². The zero-order chi connectivity index (χ0) is 8.20. The molecule has 2 N–H and O–H groups in total. The van der Waals surface area contributed by atoms with E-state index >= 15 is 0 Å². The van der Waals surface area contributed by atoms with Crippen LogP contribution in [0.2, 0.25) is 0 Å². The van der Waals surface area contributed by atoms with Gasteiger partial charge >= 0.3 is 0 Å². The second-order valence-electron chi connectivity index (χ2n) is 2.84. The summed E-state index contributed by atoms with van der Waals surface area (Å²) in [5.41, 5.74) is 3.91. The molecule has 0 spiro atoms. The Balaban J connectivity index is 3.78. The van der Waals surface area contributed by atoms with E-state index in [1.807, 2.05) is 0 Å². The number of hydrogen-bond donors (Lipinski definition) is 1. The Morgan fingerprint density at radius 3 is 2.50 bits per heavy atom. The molecule has 3 heteroatoms. The summed E-state index contributed by atoms with van der Waals surface area (Å²) in [6.07, 6.45) is 0. The molecule has 0 saturated heterocycles. The molecule has 0 rings (SSSR count). The molecule has 0 aromatic rings. The van der Waals surface area contributed by atoms with E-state index in [4.69, 9.17) is 10.5 Å². The maximum absolute atomic E-state index is 13.2. The summed E-state index contributed by atoms with van der Waals surface area (Å²) in [4.78, 5) is 0. The molecule has 0 amide bonds. The molecule has 0 aliphatic carbocycles. The standard InChI is InChI=1S/C7H16FNO/c1-6(4-10-3)7(2,8)5-9/h6H,4-5,9H2,1-3H3. The number of ether oxygens (including phenoxy) is 1. The van der Waals surface area contributed by atoms with Crippen molar-refractivity contribution in [1.29, 1.82) is 0 Å². The lowest BCUT2D eigenvalue weighted by Gasteiger charge is -2.24. The van der Waals surface area contributed by atoms with Gasteiger partial charge < -0.3 is 10.5 Å². The van der Waals surface area contributed by atoms with Crippen LogP contribution >= 0.6 is 0 Å². The maximum atomic E-state index is 13.2. The molecule has 62 valence electrons. The van der Waals surface area contributed by atoms with Crippen LogP contribution in [-0.2, 0) is 4.74 Å². The molecule has 0 aliphatic rings. The fourth-order valence-corrected chi connectivity index (χ4v) is 0.625. The predicted molar refractivity (Wildman–Crippen MR) is 39.6 cm³/mol. The number of alkyl halides is 1. The van der Waals surface area contributed by atoms with Crippen LogP contribution in [0.3, 0.4) is 0 Å². The van der Waals surface area contributed by atoms with Crippen molar-refractivity contribution >= 4 is 0 Å². The second-order valence-corrected chi connectivity index (χ2v) is 2.84. The predicted octanol–water partition coefficient (Wildman–Crippen LogP) is 0.956. The van der Waals surface area contributed by atoms with Crippen molar-refractivity contribution in [1.82, 2.24) is 0 Å². The van der Waals surface area contributed by atoms with Crippen molar-refractivity contribution in [3.63, 3.8) is 0 Å². The van der Waals surface area contributed by atoms with E-state index in [1.54, 1.807) is 14.0 Å². The van der Waals surface area contributed by atoms with E-state index in [1.165, 1.54) is 6.92 Å². The van der Waals surface area contributed by atoms with Gasteiger partial charge in [-0.05, 0) is 6.92 Å². The van der Waals surface area contributed by atoms with Crippen molar-refractivity contribution in [3.05, 3.63) is 0 Å². The highest BCUT2D eigenvalue weighted by Gasteiger charge is 2.28. The number of rotatable bonds is 4. The van der Waals surface area contributed by atoms with Gasteiger partial charge in [0.1, 0.15) is 5.67 Å². The normalized spacial score (nSPS) is 20.1. The molecule has 2 unspecified atom stereocenters. The molecule has 0 aromatic heterocycles. The minimum absolute atomic E-state index is 0.0531. The van der Waals surface area contributed by atoms with E-state index in [0.717, 1.165) is 0 Å². The average molecular weight is 149 g/mol. The molecule has 0 saturated carbocycles. The number of halogens is 1. The smallest absolute Gasteiger partial charge is 0.125 e. The molecule has 0 aliphatic heterocycles. The van der Waals surface area contributed by atoms with Gasteiger partial charge in [0.05, 0.1) is 6.61 Å². The van der Waals surface area contributed by atoms with Crippen molar-refractivity contribution < 1.29 is 9.13 Å². The van der Waals surface area contributed by atoms with Crippen LogP contribution in [-0.4, -0.2) is 25.9 Å². The minimum atomic E-state index is -1.30. The molecule has 2 nitrogen and oxygen atoms in total.